The number of benzene rings is 1. The highest BCUT2D eigenvalue weighted by Crippen LogP contribution is 2.38. The van der Waals surface area contributed by atoms with Crippen molar-refractivity contribution in [3.05, 3.63) is 59.8 Å². The molecule has 0 bridgehead atoms. The number of hydrogen-bond donors (Lipinski definition) is 0. The summed E-state index contributed by atoms with van der Waals surface area (Å²) < 4.78 is 9.02. The molecule has 5 heterocycles. The maximum atomic E-state index is 6.74. The summed E-state index contributed by atoms with van der Waals surface area (Å²) in [6.07, 6.45) is 11.1. The Morgan fingerprint density at radius 1 is 1.06 bits per heavy atom. The second-order valence-corrected chi connectivity index (χ2v) is 9.34. The normalized spacial score (nSPS) is 19.3. The molecule has 3 aromatic heterocycles. The van der Waals surface area contributed by atoms with E-state index in [0.29, 0.717) is 11.9 Å². The Kier molecular flexibility index (Phi) is 4.74. The predicted molar refractivity (Wildman–Crippen MR) is 122 cm³/mol. The Bertz CT molecular complexity index is 1260. The second kappa shape index (κ2) is 7.65. The summed E-state index contributed by atoms with van der Waals surface area (Å²) in [6, 6.07) is 6.02. The van der Waals surface area contributed by atoms with E-state index in [1.54, 1.807) is 29.3 Å². The number of aromatic nitrogens is 6. The van der Waals surface area contributed by atoms with Gasteiger partial charge in [0.2, 0.25) is 5.95 Å². The van der Waals surface area contributed by atoms with Crippen molar-refractivity contribution in [2.24, 2.45) is 0 Å². The first-order chi connectivity index (χ1) is 15.6. The summed E-state index contributed by atoms with van der Waals surface area (Å²) in [5.41, 5.74) is 3.29. The van der Waals surface area contributed by atoms with Crippen LogP contribution in [-0.2, 0) is 4.74 Å². The van der Waals surface area contributed by atoms with Crippen LogP contribution >= 0.6 is 11.6 Å². The fourth-order valence-corrected chi connectivity index (χ4v) is 5.16. The Labute approximate surface area is 190 Å². The number of halogens is 1. The first kappa shape index (κ1) is 19.8. The minimum atomic E-state index is 0.208. The number of fused-ring (bicyclic) bond motifs is 1. The van der Waals surface area contributed by atoms with Crippen LogP contribution in [0.1, 0.15) is 31.2 Å². The molecule has 9 heteroatoms. The van der Waals surface area contributed by atoms with Crippen molar-refractivity contribution in [1.82, 2.24) is 34.4 Å². The van der Waals surface area contributed by atoms with E-state index >= 15 is 0 Å². The summed E-state index contributed by atoms with van der Waals surface area (Å²) in [4.78, 5) is 11.1. The zero-order valence-corrected chi connectivity index (χ0v) is 18.6. The summed E-state index contributed by atoms with van der Waals surface area (Å²) in [5, 5.41) is 10.9. The van der Waals surface area contributed by atoms with E-state index in [9.17, 15) is 0 Å². The molecule has 0 aliphatic carbocycles. The van der Waals surface area contributed by atoms with Crippen molar-refractivity contribution in [3.63, 3.8) is 0 Å². The lowest BCUT2D eigenvalue weighted by atomic mass is 9.86. The third kappa shape index (κ3) is 3.30. The van der Waals surface area contributed by atoms with E-state index in [1.807, 2.05) is 23.1 Å². The van der Waals surface area contributed by atoms with Crippen LogP contribution in [0.2, 0.25) is 5.02 Å². The number of likely N-dealkylation sites (tertiary alicyclic amines) is 1. The van der Waals surface area contributed by atoms with Crippen LogP contribution in [0.5, 0.6) is 0 Å². The molecule has 2 aliphatic heterocycles. The molecular weight excluding hydrogens is 426 g/mol. The average molecular weight is 450 g/mol. The topological polar surface area (TPSA) is 73.9 Å². The SMILES string of the molecule is CC1(N2CCC(c3cc4c(cnn4-c4cnn(-c5ncccn5)c4)cc3Cl)CC2)COC1. The van der Waals surface area contributed by atoms with E-state index in [4.69, 9.17) is 16.3 Å². The van der Waals surface area contributed by atoms with Gasteiger partial charge in [-0.3, -0.25) is 4.90 Å². The Balaban J connectivity index is 1.29. The smallest absolute Gasteiger partial charge is 0.250 e. The third-order valence-electron chi connectivity index (χ3n) is 6.78. The van der Waals surface area contributed by atoms with Crippen LogP contribution < -0.4 is 0 Å². The van der Waals surface area contributed by atoms with Crippen LogP contribution in [0, 0.1) is 0 Å². The summed E-state index contributed by atoms with van der Waals surface area (Å²) in [7, 11) is 0. The van der Waals surface area contributed by atoms with Crippen molar-refractivity contribution >= 4 is 22.5 Å². The predicted octanol–water partition coefficient (Wildman–Crippen LogP) is 3.62. The first-order valence-corrected chi connectivity index (χ1v) is 11.3. The quantitative estimate of drug-likeness (QED) is 0.473. The van der Waals surface area contributed by atoms with Gasteiger partial charge in [-0.25, -0.2) is 19.3 Å². The molecule has 0 spiro atoms. The van der Waals surface area contributed by atoms with Gasteiger partial charge in [0.1, 0.15) is 5.69 Å². The Hall–Kier alpha value is -2.81. The summed E-state index contributed by atoms with van der Waals surface area (Å²) in [6.45, 7) is 6.12. The van der Waals surface area contributed by atoms with Gasteiger partial charge >= 0.3 is 0 Å². The summed E-state index contributed by atoms with van der Waals surface area (Å²) in [5.74, 6) is 0.966. The van der Waals surface area contributed by atoms with Crippen molar-refractivity contribution in [2.45, 2.75) is 31.2 Å². The van der Waals surface area contributed by atoms with Crippen molar-refractivity contribution < 1.29 is 4.74 Å². The van der Waals surface area contributed by atoms with Gasteiger partial charge in [-0.05, 0) is 62.5 Å². The second-order valence-electron chi connectivity index (χ2n) is 8.93. The lowest BCUT2D eigenvalue weighted by molar-refractivity contribution is -0.136. The van der Waals surface area contributed by atoms with Gasteiger partial charge in [0, 0.05) is 22.8 Å². The molecule has 0 unspecified atom stereocenters. The lowest BCUT2D eigenvalue weighted by Crippen LogP contribution is -2.61. The van der Waals surface area contributed by atoms with E-state index in [0.717, 1.165) is 60.8 Å². The molecule has 0 saturated carbocycles. The summed E-state index contributed by atoms with van der Waals surface area (Å²) >= 11 is 6.74. The van der Waals surface area contributed by atoms with Gasteiger partial charge in [-0.15, -0.1) is 0 Å². The molecule has 0 amide bonds. The molecule has 32 heavy (non-hydrogen) atoms. The number of nitrogens with zero attached hydrogens (tertiary/aromatic N) is 7. The van der Waals surface area contributed by atoms with Gasteiger partial charge in [0.05, 0.1) is 42.9 Å². The third-order valence-corrected chi connectivity index (χ3v) is 7.11. The highest BCUT2D eigenvalue weighted by molar-refractivity contribution is 6.32. The van der Waals surface area contributed by atoms with Crippen LogP contribution in [0.4, 0.5) is 0 Å². The molecule has 8 nitrogen and oxygen atoms in total. The molecule has 2 saturated heterocycles. The Morgan fingerprint density at radius 3 is 2.56 bits per heavy atom. The monoisotopic (exact) mass is 449 g/mol. The first-order valence-electron chi connectivity index (χ1n) is 10.9. The zero-order chi connectivity index (χ0) is 21.7. The maximum absolute atomic E-state index is 6.74. The highest BCUT2D eigenvalue weighted by atomic mass is 35.5. The van der Waals surface area contributed by atoms with Crippen LogP contribution in [0.15, 0.2) is 49.2 Å². The molecule has 2 aliphatic rings. The molecule has 2 fully saturated rings. The van der Waals surface area contributed by atoms with Gasteiger partial charge in [0.15, 0.2) is 0 Å². The largest absolute Gasteiger partial charge is 0.377 e. The molecule has 164 valence electrons. The zero-order valence-electron chi connectivity index (χ0n) is 17.9. The maximum Gasteiger partial charge on any atom is 0.250 e. The molecule has 6 rings (SSSR count). The number of piperidine rings is 1. The minimum Gasteiger partial charge on any atom is -0.377 e. The molecule has 0 N–H and O–H groups in total. The molecular formula is C23H24ClN7O. The van der Waals surface area contributed by atoms with E-state index in [1.165, 1.54) is 5.56 Å². The van der Waals surface area contributed by atoms with Crippen LogP contribution in [-0.4, -0.2) is 66.3 Å². The van der Waals surface area contributed by atoms with Crippen LogP contribution in [0.25, 0.3) is 22.5 Å². The van der Waals surface area contributed by atoms with Crippen molar-refractivity contribution in [2.75, 3.05) is 26.3 Å². The number of hydrogen-bond acceptors (Lipinski definition) is 6. The number of ether oxygens (including phenoxy) is 1. The fraction of sp³-hybridized carbons (Fsp3) is 0.391. The van der Waals surface area contributed by atoms with Gasteiger partial charge in [-0.2, -0.15) is 10.2 Å². The molecule has 0 radical (unpaired) electrons. The standard InChI is InChI=1S/C23H24ClN7O/c1-23(14-32-15-23)29-7-3-16(4-8-29)19-10-21-17(9-20(19)24)11-28-31(21)18-12-27-30(13-18)22-25-5-2-6-26-22/h2,5-6,9-13,16H,3-4,7-8,14-15H2,1H3. The molecule has 0 atom stereocenters. The minimum absolute atomic E-state index is 0.208. The highest BCUT2D eigenvalue weighted by Gasteiger charge is 2.41. The number of rotatable bonds is 4. The van der Waals surface area contributed by atoms with E-state index in [2.05, 4.69) is 38.1 Å². The molecule has 4 aromatic rings. The van der Waals surface area contributed by atoms with Gasteiger partial charge in [-0.1, -0.05) is 11.6 Å². The Morgan fingerprint density at radius 2 is 1.84 bits per heavy atom. The van der Waals surface area contributed by atoms with E-state index < -0.39 is 0 Å². The average Bonchev–Trinajstić information content (AvgIpc) is 3.44. The van der Waals surface area contributed by atoms with Crippen LogP contribution in [0.3, 0.4) is 0 Å². The fourth-order valence-electron chi connectivity index (χ4n) is 4.83. The van der Waals surface area contributed by atoms with E-state index in [-0.39, 0.29) is 5.54 Å². The van der Waals surface area contributed by atoms with Gasteiger partial charge in [0.25, 0.3) is 0 Å². The van der Waals surface area contributed by atoms with Crippen molar-refractivity contribution in [1.29, 1.82) is 0 Å². The lowest BCUT2D eigenvalue weighted by Gasteiger charge is -2.50. The van der Waals surface area contributed by atoms with Gasteiger partial charge < -0.3 is 4.74 Å². The molecule has 1 aromatic carbocycles. The van der Waals surface area contributed by atoms with Crippen molar-refractivity contribution in [3.8, 4) is 11.6 Å².